The molecule has 3 unspecified atom stereocenters. The van der Waals surface area contributed by atoms with Crippen molar-refractivity contribution in [1.82, 2.24) is 4.90 Å². The van der Waals surface area contributed by atoms with E-state index in [2.05, 4.69) is 23.1 Å². The number of benzene rings is 1. The molecule has 1 fully saturated rings. The molecule has 1 aliphatic rings. The molecule has 0 radical (unpaired) electrons. The molecular weight excluding hydrogens is 240 g/mol. The summed E-state index contributed by atoms with van der Waals surface area (Å²) >= 11 is 0. The zero-order valence-corrected chi connectivity index (χ0v) is 11.2. The van der Waals surface area contributed by atoms with Crippen molar-refractivity contribution in [3.63, 3.8) is 0 Å². The van der Waals surface area contributed by atoms with E-state index in [1.807, 2.05) is 25.1 Å². The standard InChI is InChI=1S/C15H20N2O2/c1-12-9-17(10-14(11-18)19-12)15(7-8-16)13-5-3-2-4-6-13/h2-6,12,14-15,18H,7,9-11H2,1H3. The van der Waals surface area contributed by atoms with Crippen LogP contribution in [0.25, 0.3) is 0 Å². The van der Waals surface area contributed by atoms with Crippen molar-refractivity contribution < 1.29 is 9.84 Å². The van der Waals surface area contributed by atoms with E-state index in [4.69, 9.17) is 10.00 Å². The summed E-state index contributed by atoms with van der Waals surface area (Å²) < 4.78 is 5.66. The van der Waals surface area contributed by atoms with E-state index >= 15 is 0 Å². The minimum atomic E-state index is -0.159. The van der Waals surface area contributed by atoms with Crippen molar-refractivity contribution in [3.05, 3.63) is 35.9 Å². The fraction of sp³-hybridized carbons (Fsp3) is 0.533. The second-order valence-electron chi connectivity index (χ2n) is 4.99. The molecule has 4 nitrogen and oxygen atoms in total. The minimum absolute atomic E-state index is 0.0227. The molecule has 3 atom stereocenters. The van der Waals surface area contributed by atoms with Gasteiger partial charge < -0.3 is 9.84 Å². The molecule has 0 aliphatic carbocycles. The highest BCUT2D eigenvalue weighted by molar-refractivity contribution is 5.20. The van der Waals surface area contributed by atoms with Crippen LogP contribution in [0.3, 0.4) is 0 Å². The lowest BCUT2D eigenvalue weighted by Gasteiger charge is -2.40. The van der Waals surface area contributed by atoms with Gasteiger partial charge in [-0.15, -0.1) is 0 Å². The summed E-state index contributed by atoms with van der Waals surface area (Å²) in [4.78, 5) is 2.24. The Kier molecular flexibility index (Phi) is 4.92. The Hall–Kier alpha value is -1.41. The maximum Gasteiger partial charge on any atom is 0.0936 e. The SMILES string of the molecule is CC1CN(C(CC#N)c2ccccc2)CC(CO)O1. The number of aliphatic hydroxyl groups is 1. The van der Waals surface area contributed by atoms with Gasteiger partial charge in [0.15, 0.2) is 0 Å². The van der Waals surface area contributed by atoms with Gasteiger partial charge in [-0.3, -0.25) is 4.90 Å². The lowest BCUT2D eigenvalue weighted by molar-refractivity contribution is -0.105. The average molecular weight is 260 g/mol. The second kappa shape index (κ2) is 6.67. The number of nitriles is 1. The van der Waals surface area contributed by atoms with E-state index in [0.29, 0.717) is 13.0 Å². The first kappa shape index (κ1) is 14.0. The predicted molar refractivity (Wildman–Crippen MR) is 72.4 cm³/mol. The van der Waals surface area contributed by atoms with Crippen LogP contribution < -0.4 is 0 Å². The number of hydrogen-bond acceptors (Lipinski definition) is 4. The van der Waals surface area contributed by atoms with Crippen LogP contribution in [0, 0.1) is 11.3 Å². The van der Waals surface area contributed by atoms with Crippen molar-refractivity contribution in [2.75, 3.05) is 19.7 Å². The van der Waals surface area contributed by atoms with Gasteiger partial charge in [-0.2, -0.15) is 5.26 Å². The molecule has 102 valence electrons. The van der Waals surface area contributed by atoms with Crippen LogP contribution in [-0.4, -0.2) is 41.9 Å². The summed E-state index contributed by atoms with van der Waals surface area (Å²) in [6.45, 7) is 3.48. The molecule has 1 aromatic rings. The van der Waals surface area contributed by atoms with E-state index in [1.54, 1.807) is 0 Å². The average Bonchev–Trinajstić information content (AvgIpc) is 2.45. The van der Waals surface area contributed by atoms with Gasteiger partial charge in [0.05, 0.1) is 31.3 Å². The third-order valence-corrected chi connectivity index (χ3v) is 3.47. The second-order valence-corrected chi connectivity index (χ2v) is 4.99. The van der Waals surface area contributed by atoms with Gasteiger partial charge in [-0.1, -0.05) is 30.3 Å². The molecule has 1 aromatic carbocycles. The van der Waals surface area contributed by atoms with Crippen LogP contribution in [0.15, 0.2) is 30.3 Å². The summed E-state index contributed by atoms with van der Waals surface area (Å²) in [5.41, 5.74) is 1.15. The fourth-order valence-corrected chi connectivity index (χ4v) is 2.66. The molecule has 1 aliphatic heterocycles. The zero-order chi connectivity index (χ0) is 13.7. The zero-order valence-electron chi connectivity index (χ0n) is 11.2. The maximum absolute atomic E-state index is 9.29. The van der Waals surface area contributed by atoms with E-state index in [-0.39, 0.29) is 24.9 Å². The van der Waals surface area contributed by atoms with Gasteiger partial charge >= 0.3 is 0 Å². The van der Waals surface area contributed by atoms with Crippen LogP contribution in [0.2, 0.25) is 0 Å². The van der Waals surface area contributed by atoms with Crippen LogP contribution in [0.1, 0.15) is 24.9 Å². The van der Waals surface area contributed by atoms with Crippen molar-refractivity contribution in [2.45, 2.75) is 31.6 Å². The third kappa shape index (κ3) is 3.54. The van der Waals surface area contributed by atoms with E-state index in [1.165, 1.54) is 0 Å². The van der Waals surface area contributed by atoms with Gasteiger partial charge in [-0.25, -0.2) is 0 Å². The molecule has 0 saturated carbocycles. The Balaban J connectivity index is 2.17. The molecule has 1 N–H and O–H groups in total. The quantitative estimate of drug-likeness (QED) is 0.895. The van der Waals surface area contributed by atoms with Gasteiger partial charge in [0.2, 0.25) is 0 Å². The summed E-state index contributed by atoms with van der Waals surface area (Å²) in [6, 6.07) is 12.4. The summed E-state index contributed by atoms with van der Waals surface area (Å²) in [5.74, 6) is 0. The molecule has 0 spiro atoms. The first-order valence-electron chi connectivity index (χ1n) is 6.67. The lowest BCUT2D eigenvalue weighted by atomic mass is 10.0. The van der Waals surface area contributed by atoms with Crippen molar-refractivity contribution in [1.29, 1.82) is 5.26 Å². The first-order valence-corrected chi connectivity index (χ1v) is 6.67. The van der Waals surface area contributed by atoms with Crippen LogP contribution in [0.5, 0.6) is 0 Å². The number of aliphatic hydroxyl groups excluding tert-OH is 1. The highest BCUT2D eigenvalue weighted by atomic mass is 16.5. The summed E-state index contributed by atoms with van der Waals surface area (Å²) in [5, 5.41) is 18.4. The molecule has 1 heterocycles. The van der Waals surface area contributed by atoms with Crippen LogP contribution in [0.4, 0.5) is 0 Å². The highest BCUT2D eigenvalue weighted by Crippen LogP contribution is 2.27. The van der Waals surface area contributed by atoms with Crippen molar-refractivity contribution in [3.8, 4) is 6.07 Å². The molecule has 1 saturated heterocycles. The Morgan fingerprint density at radius 2 is 2.16 bits per heavy atom. The van der Waals surface area contributed by atoms with Gasteiger partial charge in [0.1, 0.15) is 0 Å². The number of rotatable bonds is 4. The van der Waals surface area contributed by atoms with E-state index in [9.17, 15) is 5.11 Å². The molecular formula is C15H20N2O2. The maximum atomic E-state index is 9.29. The van der Waals surface area contributed by atoms with Crippen LogP contribution >= 0.6 is 0 Å². The first-order chi connectivity index (χ1) is 9.24. The minimum Gasteiger partial charge on any atom is -0.394 e. The molecule has 0 bridgehead atoms. The summed E-state index contributed by atoms with van der Waals surface area (Å²) in [7, 11) is 0. The fourth-order valence-electron chi connectivity index (χ4n) is 2.66. The smallest absolute Gasteiger partial charge is 0.0936 e. The van der Waals surface area contributed by atoms with Crippen molar-refractivity contribution >= 4 is 0 Å². The normalized spacial score (nSPS) is 25.7. The van der Waals surface area contributed by atoms with Gasteiger partial charge in [0, 0.05) is 19.1 Å². The Bertz CT molecular complexity index is 430. The topological polar surface area (TPSA) is 56.5 Å². The number of morpholine rings is 1. The highest BCUT2D eigenvalue weighted by Gasteiger charge is 2.30. The van der Waals surface area contributed by atoms with Crippen LogP contribution in [-0.2, 0) is 4.74 Å². The van der Waals surface area contributed by atoms with Gasteiger partial charge in [-0.05, 0) is 12.5 Å². The Morgan fingerprint density at radius 1 is 1.42 bits per heavy atom. The largest absolute Gasteiger partial charge is 0.394 e. The molecule has 0 amide bonds. The Labute approximate surface area is 114 Å². The predicted octanol–water partition coefficient (Wildman–Crippen LogP) is 1.72. The van der Waals surface area contributed by atoms with E-state index < -0.39 is 0 Å². The molecule has 0 aromatic heterocycles. The van der Waals surface area contributed by atoms with Gasteiger partial charge in [0.25, 0.3) is 0 Å². The third-order valence-electron chi connectivity index (χ3n) is 3.47. The van der Waals surface area contributed by atoms with E-state index in [0.717, 1.165) is 12.1 Å². The number of hydrogen-bond donors (Lipinski definition) is 1. The number of nitrogens with zero attached hydrogens (tertiary/aromatic N) is 2. The lowest BCUT2D eigenvalue weighted by Crippen LogP contribution is -2.49. The molecule has 4 heteroatoms. The van der Waals surface area contributed by atoms with Crippen molar-refractivity contribution in [2.24, 2.45) is 0 Å². The molecule has 2 rings (SSSR count). The summed E-state index contributed by atoms with van der Waals surface area (Å²) in [6.07, 6.45) is 0.374. The monoisotopic (exact) mass is 260 g/mol. The number of ether oxygens (including phenoxy) is 1. The molecule has 19 heavy (non-hydrogen) atoms. The Morgan fingerprint density at radius 3 is 2.79 bits per heavy atom.